The van der Waals surface area contributed by atoms with Gasteiger partial charge in [0.1, 0.15) is 0 Å². The van der Waals surface area contributed by atoms with Crippen LogP contribution >= 0.6 is 0 Å². The normalized spacial score (nSPS) is 11.9. The van der Waals surface area contributed by atoms with Gasteiger partial charge >= 0.3 is 5.97 Å². The van der Waals surface area contributed by atoms with Gasteiger partial charge < -0.3 is 20.2 Å². The summed E-state index contributed by atoms with van der Waals surface area (Å²) in [5, 5.41) is 14.3. The van der Waals surface area contributed by atoms with E-state index in [-0.39, 0.29) is 29.5 Å². The van der Waals surface area contributed by atoms with Crippen molar-refractivity contribution < 1.29 is 28.1 Å². The molecule has 2 heterocycles. The number of benzene rings is 2. The van der Waals surface area contributed by atoms with Crippen molar-refractivity contribution in [2.45, 2.75) is 18.2 Å². The van der Waals surface area contributed by atoms with Gasteiger partial charge in [0.25, 0.3) is 11.8 Å². The highest BCUT2D eigenvalue weighted by molar-refractivity contribution is 7.94. The Morgan fingerprint density at radius 1 is 1.00 bits per heavy atom. The van der Waals surface area contributed by atoms with E-state index >= 15 is 0 Å². The number of aromatic nitrogens is 1. The molecule has 2 amide bonds. The number of aliphatic carboxylic acids is 1. The van der Waals surface area contributed by atoms with Gasteiger partial charge in [-0.05, 0) is 62.4 Å². The first-order chi connectivity index (χ1) is 20.2. The van der Waals surface area contributed by atoms with Crippen molar-refractivity contribution in [1.29, 1.82) is 0 Å². The molecule has 2 aromatic heterocycles. The molecule has 4 aromatic rings. The van der Waals surface area contributed by atoms with Crippen LogP contribution in [0.5, 0.6) is 0 Å². The molecule has 0 aliphatic carbocycles. The second kappa shape index (κ2) is 14.0. The molecule has 214 valence electrons. The Hall–Kier alpha value is -5.05. The first kappa shape index (κ1) is 29.9. The molecule has 0 bridgehead atoms. The van der Waals surface area contributed by atoms with Gasteiger partial charge in [0.05, 0.1) is 28.1 Å². The number of nitrogens with zero attached hydrogens (tertiary/aromatic N) is 2. The number of carbonyl (C=O) groups excluding carboxylic acids is 2. The number of furan rings is 1. The highest BCUT2D eigenvalue weighted by atomic mass is 32.2. The maximum atomic E-state index is 13.8. The SMILES string of the molecule is Cc1ccoc1C(=O)Nc1cccc(C#Cc2cncc(C(=O)N=[S@@](=O)(CCCNCC(=O)O)c3ccccc3)c2)c1. The van der Waals surface area contributed by atoms with Gasteiger partial charge in [-0.1, -0.05) is 36.1 Å². The summed E-state index contributed by atoms with van der Waals surface area (Å²) in [7, 11) is -3.13. The van der Waals surface area contributed by atoms with E-state index in [1.54, 1.807) is 67.6 Å². The summed E-state index contributed by atoms with van der Waals surface area (Å²) in [5.74, 6) is 4.19. The van der Waals surface area contributed by atoms with E-state index in [1.807, 2.05) is 0 Å². The molecule has 10 nitrogen and oxygen atoms in total. The molecule has 0 saturated carbocycles. The summed E-state index contributed by atoms with van der Waals surface area (Å²) < 4.78 is 23.2. The van der Waals surface area contributed by atoms with Crippen molar-refractivity contribution in [3.63, 3.8) is 0 Å². The Morgan fingerprint density at radius 2 is 1.79 bits per heavy atom. The lowest BCUT2D eigenvalue weighted by molar-refractivity contribution is -0.135. The zero-order valence-corrected chi connectivity index (χ0v) is 23.5. The van der Waals surface area contributed by atoms with E-state index < -0.39 is 21.6 Å². The molecule has 0 saturated heterocycles. The molecule has 0 spiro atoms. The number of rotatable bonds is 10. The Balaban J connectivity index is 1.51. The molecule has 1 atom stereocenters. The first-order valence-corrected chi connectivity index (χ1v) is 14.6. The van der Waals surface area contributed by atoms with Crippen molar-refractivity contribution >= 4 is 33.2 Å². The summed E-state index contributed by atoms with van der Waals surface area (Å²) in [4.78, 5) is 40.8. The van der Waals surface area contributed by atoms with Crippen LogP contribution in [0.4, 0.5) is 5.69 Å². The monoisotopic (exact) mass is 584 g/mol. The molecule has 0 unspecified atom stereocenters. The fourth-order valence-corrected chi connectivity index (χ4v) is 5.79. The average molecular weight is 585 g/mol. The van der Waals surface area contributed by atoms with Gasteiger partial charge in [-0.15, -0.1) is 0 Å². The minimum atomic E-state index is -3.13. The van der Waals surface area contributed by atoms with E-state index in [0.29, 0.717) is 34.7 Å². The molecule has 42 heavy (non-hydrogen) atoms. The van der Waals surface area contributed by atoms with Gasteiger partial charge in [-0.2, -0.15) is 4.36 Å². The molecule has 2 aromatic carbocycles. The minimum absolute atomic E-state index is 0.0642. The van der Waals surface area contributed by atoms with Gasteiger partial charge in [-0.25, -0.2) is 4.21 Å². The van der Waals surface area contributed by atoms with Crippen LogP contribution < -0.4 is 10.6 Å². The number of nitrogens with one attached hydrogen (secondary N) is 2. The van der Waals surface area contributed by atoms with Crippen LogP contribution in [-0.2, 0) is 14.5 Å². The van der Waals surface area contributed by atoms with Crippen LogP contribution in [0.15, 0.2) is 99.1 Å². The maximum absolute atomic E-state index is 13.8. The van der Waals surface area contributed by atoms with Crippen molar-refractivity contribution in [2.75, 3.05) is 24.2 Å². The molecule has 0 aliphatic rings. The van der Waals surface area contributed by atoms with Crippen molar-refractivity contribution in [1.82, 2.24) is 10.3 Å². The van der Waals surface area contributed by atoms with Crippen LogP contribution in [0.2, 0.25) is 0 Å². The summed E-state index contributed by atoms with van der Waals surface area (Å²) >= 11 is 0. The van der Waals surface area contributed by atoms with Crippen molar-refractivity contribution in [3.8, 4) is 11.8 Å². The van der Waals surface area contributed by atoms with Gasteiger partial charge in [-0.3, -0.25) is 19.4 Å². The largest absolute Gasteiger partial charge is 0.480 e. The Labute approximate surface area is 243 Å². The van der Waals surface area contributed by atoms with Crippen LogP contribution in [-0.4, -0.2) is 50.9 Å². The number of amides is 2. The van der Waals surface area contributed by atoms with E-state index in [1.165, 1.54) is 24.7 Å². The number of hydrogen-bond acceptors (Lipinski definition) is 7. The number of carboxylic acids is 1. The summed E-state index contributed by atoms with van der Waals surface area (Å²) in [5.41, 5.74) is 2.46. The molecule has 11 heteroatoms. The van der Waals surface area contributed by atoms with Gasteiger partial charge in [0.2, 0.25) is 0 Å². The lowest BCUT2D eigenvalue weighted by atomic mass is 10.1. The predicted octanol–water partition coefficient (Wildman–Crippen LogP) is 4.37. The summed E-state index contributed by atoms with van der Waals surface area (Å²) in [6.45, 7) is 1.87. The zero-order valence-electron chi connectivity index (χ0n) is 22.7. The third-order valence-electron chi connectivity index (χ3n) is 5.92. The van der Waals surface area contributed by atoms with Crippen LogP contribution in [0.25, 0.3) is 0 Å². The maximum Gasteiger partial charge on any atom is 0.317 e. The smallest absolute Gasteiger partial charge is 0.317 e. The standard InChI is InChI=1S/C31H28N4O6S/c1-22-13-15-41-29(22)31(39)34-26-8-5-7-23(18-26)11-12-24-17-25(20-33-19-24)30(38)35-42(40,27-9-3-2-4-10-27)16-6-14-32-21-28(36)37/h2-5,7-10,13,15,17-20,32H,6,14,16,21H2,1H3,(H,34,39)(H,36,37)/t42-/m1/s1. The number of anilines is 1. The first-order valence-electron chi connectivity index (χ1n) is 12.9. The molecule has 3 N–H and O–H groups in total. The van der Waals surface area contributed by atoms with Crippen LogP contribution in [0.1, 0.15) is 44.0 Å². The lowest BCUT2D eigenvalue weighted by Crippen LogP contribution is -2.25. The number of pyridine rings is 1. The number of carboxylic acid groups (broad SMARTS) is 1. The fraction of sp³-hybridized carbons (Fsp3) is 0.161. The number of hydrogen-bond donors (Lipinski definition) is 3. The van der Waals surface area contributed by atoms with E-state index in [0.717, 1.165) is 5.56 Å². The Kier molecular flexibility index (Phi) is 9.99. The number of aryl methyl sites for hydroxylation is 1. The van der Waals surface area contributed by atoms with E-state index in [9.17, 15) is 18.6 Å². The van der Waals surface area contributed by atoms with Crippen LogP contribution in [0, 0.1) is 18.8 Å². The average Bonchev–Trinajstić information content (AvgIpc) is 3.42. The Bertz CT molecular complexity index is 1780. The van der Waals surface area contributed by atoms with E-state index in [4.69, 9.17) is 9.52 Å². The lowest BCUT2D eigenvalue weighted by Gasteiger charge is -2.10. The molecular formula is C31H28N4O6S. The number of carbonyl (C=O) groups is 3. The molecule has 4 rings (SSSR count). The third kappa shape index (κ3) is 8.23. The minimum Gasteiger partial charge on any atom is -0.480 e. The quantitative estimate of drug-likeness (QED) is 0.184. The second-order valence-corrected chi connectivity index (χ2v) is 11.5. The second-order valence-electron chi connectivity index (χ2n) is 9.16. The predicted molar refractivity (Wildman–Crippen MR) is 158 cm³/mol. The Morgan fingerprint density at radius 3 is 2.52 bits per heavy atom. The summed E-state index contributed by atoms with van der Waals surface area (Å²) in [6, 6.07) is 18.7. The van der Waals surface area contributed by atoms with Crippen molar-refractivity contribution in [3.05, 3.63) is 113 Å². The highest BCUT2D eigenvalue weighted by Crippen LogP contribution is 2.18. The molecule has 0 fully saturated rings. The fourth-order valence-electron chi connectivity index (χ4n) is 3.86. The molecular weight excluding hydrogens is 556 g/mol. The van der Waals surface area contributed by atoms with E-state index in [2.05, 4.69) is 31.8 Å². The van der Waals surface area contributed by atoms with Gasteiger partial charge in [0.15, 0.2) is 5.76 Å². The third-order valence-corrected chi connectivity index (χ3v) is 8.23. The van der Waals surface area contributed by atoms with Crippen LogP contribution in [0.3, 0.4) is 0 Å². The highest BCUT2D eigenvalue weighted by Gasteiger charge is 2.17. The zero-order chi connectivity index (χ0) is 30.0. The molecule has 0 radical (unpaired) electrons. The molecule has 0 aliphatic heterocycles. The van der Waals surface area contributed by atoms with Gasteiger partial charge in [0, 0.05) is 45.4 Å². The topological polar surface area (TPSA) is 151 Å². The summed E-state index contributed by atoms with van der Waals surface area (Å²) in [6.07, 6.45) is 4.64. The van der Waals surface area contributed by atoms with Crippen molar-refractivity contribution in [2.24, 2.45) is 4.36 Å².